The van der Waals surface area contributed by atoms with E-state index in [1.54, 1.807) is 19.0 Å². The zero-order valence-corrected chi connectivity index (χ0v) is 15.4. The van der Waals surface area contributed by atoms with E-state index in [4.69, 9.17) is 0 Å². The molecular weight excluding hydrogens is 312 g/mol. The van der Waals surface area contributed by atoms with Crippen LogP contribution in [-0.2, 0) is 11.3 Å². The number of aromatic nitrogens is 1. The Hall–Kier alpha value is -1.47. The van der Waals surface area contributed by atoms with E-state index in [9.17, 15) is 9.59 Å². The average Bonchev–Trinajstić information content (AvgIpc) is 2.86. The van der Waals surface area contributed by atoms with Crippen LogP contribution in [0.3, 0.4) is 0 Å². The number of hydrogen-bond acceptors (Lipinski definition) is 5. The predicted molar refractivity (Wildman–Crippen MR) is 91.6 cm³/mol. The van der Waals surface area contributed by atoms with Crippen molar-refractivity contribution in [2.75, 3.05) is 40.3 Å². The summed E-state index contributed by atoms with van der Waals surface area (Å²) in [7, 11) is 3.51. The Balaban J connectivity index is 1.93. The summed E-state index contributed by atoms with van der Waals surface area (Å²) >= 11 is 1.48. The second kappa shape index (κ2) is 7.40. The first-order valence-corrected chi connectivity index (χ1v) is 8.80. The Bertz CT molecular complexity index is 575. The Morgan fingerprint density at radius 3 is 2.35 bits per heavy atom. The molecule has 1 aliphatic heterocycles. The van der Waals surface area contributed by atoms with Gasteiger partial charge in [0.15, 0.2) is 0 Å². The molecule has 1 fully saturated rings. The Labute approximate surface area is 142 Å². The van der Waals surface area contributed by atoms with Gasteiger partial charge in [0.25, 0.3) is 5.91 Å². The van der Waals surface area contributed by atoms with Crippen molar-refractivity contribution in [3.63, 3.8) is 0 Å². The van der Waals surface area contributed by atoms with E-state index in [1.165, 1.54) is 11.3 Å². The molecule has 0 saturated carbocycles. The number of hydrogen-bond donors (Lipinski definition) is 0. The van der Waals surface area contributed by atoms with E-state index in [1.807, 2.05) is 25.7 Å². The summed E-state index contributed by atoms with van der Waals surface area (Å²) in [5, 5.41) is 0.969. The van der Waals surface area contributed by atoms with Crippen LogP contribution in [0.4, 0.5) is 0 Å². The van der Waals surface area contributed by atoms with E-state index < -0.39 is 0 Å². The molecule has 1 saturated heterocycles. The molecule has 0 atom stereocenters. The lowest BCUT2D eigenvalue weighted by atomic mass is 10.1. The minimum atomic E-state index is 0.0126. The molecule has 0 aliphatic carbocycles. The van der Waals surface area contributed by atoms with Gasteiger partial charge in [0, 0.05) is 46.2 Å². The van der Waals surface area contributed by atoms with Crippen LogP contribution in [0.2, 0.25) is 0 Å². The summed E-state index contributed by atoms with van der Waals surface area (Å²) in [6, 6.07) is 0. The molecule has 0 spiro atoms. The van der Waals surface area contributed by atoms with Gasteiger partial charge < -0.3 is 9.80 Å². The van der Waals surface area contributed by atoms with E-state index >= 15 is 0 Å². The molecule has 6 nitrogen and oxygen atoms in total. The number of carbonyl (C=O) groups is 2. The fourth-order valence-corrected chi connectivity index (χ4v) is 3.73. The first-order chi connectivity index (χ1) is 10.8. The van der Waals surface area contributed by atoms with Gasteiger partial charge in [-0.1, -0.05) is 13.8 Å². The van der Waals surface area contributed by atoms with Gasteiger partial charge in [-0.25, -0.2) is 4.98 Å². The van der Waals surface area contributed by atoms with Crippen LogP contribution in [0.25, 0.3) is 0 Å². The molecule has 0 aromatic carbocycles. The highest BCUT2D eigenvalue weighted by atomic mass is 32.1. The molecule has 0 bridgehead atoms. The maximum atomic E-state index is 12.1. The molecule has 1 aromatic rings. The summed E-state index contributed by atoms with van der Waals surface area (Å²) in [6.45, 7) is 9.76. The maximum absolute atomic E-state index is 12.1. The second-order valence-electron chi connectivity index (χ2n) is 6.48. The highest BCUT2D eigenvalue weighted by Crippen LogP contribution is 2.21. The van der Waals surface area contributed by atoms with Gasteiger partial charge in [0.05, 0.1) is 12.2 Å². The molecule has 128 valence electrons. The lowest BCUT2D eigenvalue weighted by Crippen LogP contribution is -2.49. The minimum absolute atomic E-state index is 0.0126. The molecule has 0 N–H and O–H groups in total. The van der Waals surface area contributed by atoms with Gasteiger partial charge in [-0.05, 0) is 6.92 Å². The highest BCUT2D eigenvalue weighted by molar-refractivity contribution is 7.13. The zero-order valence-electron chi connectivity index (χ0n) is 14.6. The summed E-state index contributed by atoms with van der Waals surface area (Å²) < 4.78 is 0. The van der Waals surface area contributed by atoms with Gasteiger partial charge in [-0.2, -0.15) is 0 Å². The first kappa shape index (κ1) is 17.9. The van der Waals surface area contributed by atoms with Crippen LogP contribution < -0.4 is 0 Å². The second-order valence-corrected chi connectivity index (χ2v) is 7.56. The molecule has 2 rings (SSSR count). The number of amides is 2. The molecule has 7 heteroatoms. The smallest absolute Gasteiger partial charge is 0.265 e. The highest BCUT2D eigenvalue weighted by Gasteiger charge is 2.24. The summed E-state index contributed by atoms with van der Waals surface area (Å²) in [5.74, 6) is 0.301. The van der Waals surface area contributed by atoms with Crippen molar-refractivity contribution in [3.05, 3.63) is 15.6 Å². The van der Waals surface area contributed by atoms with E-state index in [0.29, 0.717) is 0 Å². The monoisotopic (exact) mass is 338 g/mol. The lowest BCUT2D eigenvalue weighted by molar-refractivity contribution is -0.136. The summed E-state index contributed by atoms with van der Waals surface area (Å²) in [4.78, 5) is 35.2. The Morgan fingerprint density at radius 1 is 1.22 bits per heavy atom. The standard InChI is InChI=1S/C16H26N4O2S/c1-11(2)15(21)20-8-6-19(7-9-20)10-13-17-12(3)14(23-13)16(22)18(4)5/h11H,6-10H2,1-5H3. The van der Waals surface area contributed by atoms with Crippen LogP contribution in [0.1, 0.15) is 34.2 Å². The van der Waals surface area contributed by atoms with E-state index in [0.717, 1.165) is 48.3 Å². The number of piperazine rings is 1. The molecular formula is C16H26N4O2S. The average molecular weight is 338 g/mol. The van der Waals surface area contributed by atoms with Crippen LogP contribution in [0, 0.1) is 12.8 Å². The largest absolute Gasteiger partial charge is 0.344 e. The maximum Gasteiger partial charge on any atom is 0.265 e. The van der Waals surface area contributed by atoms with Gasteiger partial charge in [-0.3, -0.25) is 14.5 Å². The third kappa shape index (κ3) is 4.29. The SMILES string of the molecule is Cc1nc(CN2CCN(C(=O)C(C)C)CC2)sc1C(=O)N(C)C. The minimum Gasteiger partial charge on any atom is -0.344 e. The molecule has 0 unspecified atom stereocenters. The summed E-state index contributed by atoms with van der Waals surface area (Å²) in [6.07, 6.45) is 0. The summed E-state index contributed by atoms with van der Waals surface area (Å²) in [5.41, 5.74) is 0.803. The van der Waals surface area contributed by atoms with E-state index in [-0.39, 0.29) is 17.7 Å². The van der Waals surface area contributed by atoms with Crippen LogP contribution in [0.5, 0.6) is 0 Å². The third-order valence-electron chi connectivity index (χ3n) is 3.98. The van der Waals surface area contributed by atoms with Gasteiger partial charge in [0.2, 0.25) is 5.91 Å². The quantitative estimate of drug-likeness (QED) is 0.834. The molecule has 1 aromatic heterocycles. The lowest BCUT2D eigenvalue weighted by Gasteiger charge is -2.35. The van der Waals surface area contributed by atoms with Crippen molar-refractivity contribution in [1.82, 2.24) is 19.7 Å². The number of nitrogens with zero attached hydrogens (tertiary/aromatic N) is 4. The normalized spacial score (nSPS) is 16.0. The number of thiazole rings is 1. The Morgan fingerprint density at radius 2 is 1.83 bits per heavy atom. The molecule has 2 amide bonds. The molecule has 23 heavy (non-hydrogen) atoms. The number of carbonyl (C=O) groups excluding carboxylic acids is 2. The van der Waals surface area contributed by atoms with Crippen molar-refractivity contribution >= 4 is 23.2 Å². The van der Waals surface area contributed by atoms with Crippen molar-refractivity contribution in [1.29, 1.82) is 0 Å². The van der Waals surface area contributed by atoms with Crippen molar-refractivity contribution in [2.45, 2.75) is 27.3 Å². The van der Waals surface area contributed by atoms with Crippen molar-refractivity contribution < 1.29 is 9.59 Å². The fraction of sp³-hybridized carbons (Fsp3) is 0.688. The number of aryl methyl sites for hydroxylation is 1. The molecule has 1 aliphatic rings. The number of rotatable bonds is 4. The Kier molecular flexibility index (Phi) is 5.75. The van der Waals surface area contributed by atoms with Crippen LogP contribution in [-0.4, -0.2) is 71.8 Å². The van der Waals surface area contributed by atoms with Crippen LogP contribution >= 0.6 is 11.3 Å². The van der Waals surface area contributed by atoms with Crippen molar-refractivity contribution in [3.8, 4) is 0 Å². The van der Waals surface area contributed by atoms with Gasteiger partial charge in [-0.15, -0.1) is 11.3 Å². The first-order valence-electron chi connectivity index (χ1n) is 7.98. The van der Waals surface area contributed by atoms with Gasteiger partial charge in [0.1, 0.15) is 9.88 Å². The van der Waals surface area contributed by atoms with Gasteiger partial charge >= 0.3 is 0 Å². The predicted octanol–water partition coefficient (Wildman–Crippen LogP) is 1.45. The van der Waals surface area contributed by atoms with Crippen molar-refractivity contribution in [2.24, 2.45) is 5.92 Å². The molecule has 2 heterocycles. The van der Waals surface area contributed by atoms with E-state index in [2.05, 4.69) is 9.88 Å². The fourth-order valence-electron chi connectivity index (χ4n) is 2.60. The zero-order chi connectivity index (χ0) is 17.1. The topological polar surface area (TPSA) is 56.8 Å². The third-order valence-corrected chi connectivity index (χ3v) is 5.11. The van der Waals surface area contributed by atoms with Crippen LogP contribution in [0.15, 0.2) is 0 Å². The molecule has 0 radical (unpaired) electrons.